The SMILES string of the molecule is Cn1nccc1-c1coc(COC=O)n1. The summed E-state index contributed by atoms with van der Waals surface area (Å²) in [5.41, 5.74) is 1.51. The summed E-state index contributed by atoms with van der Waals surface area (Å²) < 4.78 is 11.3. The Morgan fingerprint density at radius 1 is 1.67 bits per heavy atom. The third-order valence-electron chi connectivity index (χ3n) is 1.91. The van der Waals surface area contributed by atoms with E-state index in [0.717, 1.165) is 5.69 Å². The van der Waals surface area contributed by atoms with E-state index in [4.69, 9.17) is 4.42 Å². The molecular weight excluding hydrogens is 198 g/mol. The molecule has 2 aromatic heterocycles. The third-order valence-corrected chi connectivity index (χ3v) is 1.91. The van der Waals surface area contributed by atoms with Gasteiger partial charge in [0.2, 0.25) is 5.89 Å². The van der Waals surface area contributed by atoms with Gasteiger partial charge in [-0.15, -0.1) is 0 Å². The highest BCUT2D eigenvalue weighted by Crippen LogP contribution is 2.17. The molecule has 0 spiro atoms. The Balaban J connectivity index is 2.20. The third kappa shape index (κ3) is 1.88. The molecular formula is C9H9N3O3. The Morgan fingerprint density at radius 3 is 3.20 bits per heavy atom. The fraction of sp³-hybridized carbons (Fsp3) is 0.222. The quantitative estimate of drug-likeness (QED) is 0.692. The Hall–Kier alpha value is -2.11. The molecule has 0 aliphatic heterocycles. The van der Waals surface area contributed by atoms with Crippen molar-refractivity contribution in [3.63, 3.8) is 0 Å². The smallest absolute Gasteiger partial charge is 0.293 e. The van der Waals surface area contributed by atoms with Crippen molar-refractivity contribution in [3.8, 4) is 11.4 Å². The normalized spacial score (nSPS) is 10.2. The monoisotopic (exact) mass is 207 g/mol. The van der Waals surface area contributed by atoms with E-state index in [-0.39, 0.29) is 6.61 Å². The summed E-state index contributed by atoms with van der Waals surface area (Å²) in [5, 5.41) is 4.01. The molecule has 0 amide bonds. The van der Waals surface area contributed by atoms with Gasteiger partial charge in [0.15, 0.2) is 6.61 Å². The molecule has 0 aromatic carbocycles. The lowest BCUT2D eigenvalue weighted by Gasteiger charge is -1.94. The van der Waals surface area contributed by atoms with Gasteiger partial charge in [0, 0.05) is 13.2 Å². The maximum Gasteiger partial charge on any atom is 0.293 e. The van der Waals surface area contributed by atoms with Crippen molar-refractivity contribution in [1.82, 2.24) is 14.8 Å². The first kappa shape index (κ1) is 9.45. The average Bonchev–Trinajstić information content (AvgIpc) is 2.83. The van der Waals surface area contributed by atoms with Crippen LogP contribution >= 0.6 is 0 Å². The van der Waals surface area contributed by atoms with E-state index in [2.05, 4.69) is 14.8 Å². The first-order chi connectivity index (χ1) is 7.31. The molecule has 6 heteroatoms. The van der Waals surface area contributed by atoms with Crippen LogP contribution in [0, 0.1) is 0 Å². The molecule has 2 aromatic rings. The van der Waals surface area contributed by atoms with Crippen LogP contribution in [0.1, 0.15) is 5.89 Å². The fourth-order valence-electron chi connectivity index (χ4n) is 1.23. The molecule has 0 aliphatic carbocycles. The largest absolute Gasteiger partial charge is 0.458 e. The van der Waals surface area contributed by atoms with E-state index in [0.29, 0.717) is 18.1 Å². The molecule has 2 rings (SSSR count). The van der Waals surface area contributed by atoms with Crippen molar-refractivity contribution in [1.29, 1.82) is 0 Å². The molecule has 0 radical (unpaired) electrons. The van der Waals surface area contributed by atoms with E-state index >= 15 is 0 Å². The standard InChI is InChI=1S/C9H9N3O3/c1-12-8(2-3-10-12)7-4-15-9(11-7)5-14-6-13/h2-4,6H,5H2,1H3. The number of aromatic nitrogens is 3. The van der Waals surface area contributed by atoms with Crippen molar-refractivity contribution >= 4 is 6.47 Å². The van der Waals surface area contributed by atoms with Crippen molar-refractivity contribution < 1.29 is 13.9 Å². The molecule has 0 saturated heterocycles. The van der Waals surface area contributed by atoms with Crippen LogP contribution in [0.25, 0.3) is 11.4 Å². The van der Waals surface area contributed by atoms with Crippen molar-refractivity contribution in [2.24, 2.45) is 7.05 Å². The Bertz CT molecular complexity index is 461. The van der Waals surface area contributed by atoms with Crippen LogP contribution in [-0.4, -0.2) is 21.2 Å². The number of oxazole rings is 1. The average molecular weight is 207 g/mol. The minimum absolute atomic E-state index is 0.0430. The van der Waals surface area contributed by atoms with Crippen molar-refractivity contribution in [2.75, 3.05) is 0 Å². The second kappa shape index (κ2) is 3.95. The number of hydrogen-bond donors (Lipinski definition) is 0. The van der Waals surface area contributed by atoms with Crippen LogP contribution in [0.4, 0.5) is 0 Å². The molecule has 0 bridgehead atoms. The molecule has 2 heterocycles. The van der Waals surface area contributed by atoms with Gasteiger partial charge in [0.25, 0.3) is 6.47 Å². The molecule has 6 nitrogen and oxygen atoms in total. The summed E-state index contributed by atoms with van der Waals surface area (Å²) in [6.45, 7) is 0.398. The molecule has 0 fully saturated rings. The molecule has 0 saturated carbocycles. The molecule has 0 aliphatic rings. The van der Waals surface area contributed by atoms with Gasteiger partial charge in [0.05, 0.1) is 5.69 Å². The molecule has 0 N–H and O–H groups in total. The number of carbonyl (C=O) groups is 1. The molecule has 15 heavy (non-hydrogen) atoms. The zero-order valence-electron chi connectivity index (χ0n) is 8.08. The van der Waals surface area contributed by atoms with Gasteiger partial charge >= 0.3 is 0 Å². The lowest BCUT2D eigenvalue weighted by atomic mass is 10.3. The van der Waals surface area contributed by atoms with E-state index in [1.165, 1.54) is 6.26 Å². The summed E-state index contributed by atoms with van der Waals surface area (Å²) in [6, 6.07) is 1.82. The highest BCUT2D eigenvalue weighted by Gasteiger charge is 2.09. The summed E-state index contributed by atoms with van der Waals surface area (Å²) in [7, 11) is 1.81. The highest BCUT2D eigenvalue weighted by molar-refractivity contribution is 5.52. The topological polar surface area (TPSA) is 70.2 Å². The van der Waals surface area contributed by atoms with Crippen LogP contribution in [0.2, 0.25) is 0 Å². The number of aryl methyl sites for hydroxylation is 1. The van der Waals surface area contributed by atoms with Crippen LogP contribution in [0.15, 0.2) is 22.9 Å². The van der Waals surface area contributed by atoms with Gasteiger partial charge in [-0.1, -0.05) is 0 Å². The fourth-order valence-corrected chi connectivity index (χ4v) is 1.23. The Kier molecular flexibility index (Phi) is 2.49. The van der Waals surface area contributed by atoms with E-state index in [1.807, 2.05) is 13.1 Å². The lowest BCUT2D eigenvalue weighted by molar-refractivity contribution is -0.130. The van der Waals surface area contributed by atoms with Gasteiger partial charge in [0.1, 0.15) is 12.0 Å². The number of rotatable bonds is 4. The maximum atomic E-state index is 9.96. The second-order valence-corrected chi connectivity index (χ2v) is 2.87. The van der Waals surface area contributed by atoms with Crippen LogP contribution in [0.3, 0.4) is 0 Å². The molecule has 0 atom stereocenters. The van der Waals surface area contributed by atoms with Gasteiger partial charge in [-0.3, -0.25) is 9.48 Å². The van der Waals surface area contributed by atoms with Crippen LogP contribution in [0.5, 0.6) is 0 Å². The maximum absolute atomic E-state index is 9.96. The van der Waals surface area contributed by atoms with E-state index in [1.54, 1.807) is 10.9 Å². The number of nitrogens with zero attached hydrogens (tertiary/aromatic N) is 3. The summed E-state index contributed by atoms with van der Waals surface area (Å²) in [5.74, 6) is 0.360. The summed E-state index contributed by atoms with van der Waals surface area (Å²) in [6.07, 6.45) is 3.17. The molecule has 78 valence electrons. The zero-order chi connectivity index (χ0) is 10.7. The Labute approximate surface area is 85.5 Å². The van der Waals surface area contributed by atoms with Gasteiger partial charge in [-0.25, -0.2) is 4.98 Å². The minimum Gasteiger partial charge on any atom is -0.458 e. The van der Waals surface area contributed by atoms with Gasteiger partial charge in [-0.05, 0) is 6.07 Å². The minimum atomic E-state index is 0.0430. The van der Waals surface area contributed by atoms with Crippen LogP contribution in [-0.2, 0) is 23.2 Å². The van der Waals surface area contributed by atoms with Crippen molar-refractivity contribution in [2.45, 2.75) is 6.61 Å². The van der Waals surface area contributed by atoms with Gasteiger partial charge < -0.3 is 9.15 Å². The summed E-state index contributed by atoms with van der Waals surface area (Å²) >= 11 is 0. The number of carbonyl (C=O) groups excluding carboxylic acids is 1. The first-order valence-corrected chi connectivity index (χ1v) is 4.29. The van der Waals surface area contributed by atoms with E-state index < -0.39 is 0 Å². The number of ether oxygens (including phenoxy) is 1. The predicted molar refractivity (Wildman–Crippen MR) is 49.6 cm³/mol. The van der Waals surface area contributed by atoms with Gasteiger partial charge in [-0.2, -0.15) is 5.10 Å². The Morgan fingerprint density at radius 2 is 2.53 bits per heavy atom. The predicted octanol–water partition coefficient (Wildman–Crippen LogP) is 0.748. The zero-order valence-corrected chi connectivity index (χ0v) is 8.08. The van der Waals surface area contributed by atoms with Crippen molar-refractivity contribution in [3.05, 3.63) is 24.4 Å². The van der Waals surface area contributed by atoms with Crippen LogP contribution < -0.4 is 0 Å². The first-order valence-electron chi connectivity index (χ1n) is 4.29. The second-order valence-electron chi connectivity index (χ2n) is 2.87. The highest BCUT2D eigenvalue weighted by atomic mass is 16.5. The molecule has 0 unspecified atom stereocenters. The number of hydrogen-bond acceptors (Lipinski definition) is 5. The summed E-state index contributed by atoms with van der Waals surface area (Å²) in [4.78, 5) is 14.1. The van der Waals surface area contributed by atoms with E-state index in [9.17, 15) is 4.79 Å². The lowest BCUT2D eigenvalue weighted by Crippen LogP contribution is -1.94.